The van der Waals surface area contributed by atoms with Gasteiger partial charge in [0.05, 0.1) is 53.5 Å². The molecule has 0 spiro atoms. The number of ether oxygens (including phenoxy) is 5. The third-order valence-electron chi connectivity index (χ3n) is 14.0. The van der Waals surface area contributed by atoms with E-state index in [1.807, 2.05) is 66.6 Å². The fourth-order valence-corrected chi connectivity index (χ4v) is 10.3. The zero-order valence-electron chi connectivity index (χ0n) is 47.6. The van der Waals surface area contributed by atoms with Gasteiger partial charge in [0.2, 0.25) is 17.7 Å². The summed E-state index contributed by atoms with van der Waals surface area (Å²) in [7, 11) is 0. The molecular formula is C59H73N11O13S. The number of aliphatic hydroxyl groups is 1. The second-order valence-electron chi connectivity index (χ2n) is 21.2. The summed E-state index contributed by atoms with van der Waals surface area (Å²) in [6.07, 6.45) is 5.40. The number of hydrogen-bond donors (Lipinski definition) is 6. The van der Waals surface area contributed by atoms with Gasteiger partial charge in [0.15, 0.2) is 11.6 Å². The lowest BCUT2D eigenvalue weighted by Crippen LogP contribution is -2.51. The molecule has 3 aliphatic rings. The van der Waals surface area contributed by atoms with Crippen LogP contribution in [0.5, 0.6) is 11.5 Å². The molecule has 0 aliphatic carbocycles. The number of aliphatic imine (C=N–C) groups is 1. The lowest BCUT2D eigenvalue weighted by atomic mass is 9.93. The summed E-state index contributed by atoms with van der Waals surface area (Å²) in [4.78, 5) is 104. The number of imidazole rings is 1. The number of aliphatic hydroxyl groups excluding tert-OH is 1. The highest BCUT2D eigenvalue weighted by Gasteiger charge is 2.45. The Kier molecular flexibility index (Phi) is 21.6. The molecule has 7 N–H and O–H groups in total. The number of urea groups is 1. The third kappa shape index (κ3) is 17.0. The van der Waals surface area contributed by atoms with Gasteiger partial charge >= 0.3 is 6.03 Å². The van der Waals surface area contributed by atoms with Crippen molar-refractivity contribution in [2.24, 2.45) is 16.1 Å². The van der Waals surface area contributed by atoms with Crippen molar-refractivity contribution in [3.63, 3.8) is 0 Å². The van der Waals surface area contributed by atoms with Crippen LogP contribution in [-0.4, -0.2) is 181 Å². The Balaban J connectivity index is 0.600. The summed E-state index contributed by atoms with van der Waals surface area (Å²) in [5.41, 5.74) is 9.18. The molecule has 8 rings (SSSR count). The number of amidine groups is 1. The number of rotatable bonds is 28. The molecule has 1 atom stereocenters. The standard InChI is InChI=1S/C59H73N11O13S/c1-38-10-16-45(54(75)63-38)70-55(76)42-8-5-9-46(53(42)56(70)77)83-37-51(73)62-21-7-28-80-31-33-81-32-30-79-27-6-20-61-50(72)18-19-52(74)68-24-22-67(23-25-68)26-29-82-41-15-17-44-47(34-41)84-58-65-43(36-69(44)58)39-11-13-40(14-12-39)64-57(78)66-49(60)35-48(71)59(2,3)4/h5,8-9,11-15,17,34-36,45,71H,1,6-7,10,16,18-33,37H2,2-4H3,(H,61,72)(H,62,73)(H,63,75)(H3,60,64,66,78)/b48-35-. The van der Waals surface area contributed by atoms with E-state index in [0.29, 0.717) is 110 Å². The molecule has 2 saturated heterocycles. The summed E-state index contributed by atoms with van der Waals surface area (Å²) in [6.45, 7) is 15.7. The first-order valence-corrected chi connectivity index (χ1v) is 28.8. The van der Waals surface area contributed by atoms with Crippen molar-refractivity contribution in [3.05, 3.63) is 102 Å². The number of amides is 8. The van der Waals surface area contributed by atoms with Crippen LogP contribution in [-0.2, 0) is 33.4 Å². The number of hydrogen-bond acceptors (Lipinski definition) is 16. The molecule has 3 aromatic carbocycles. The third-order valence-corrected chi connectivity index (χ3v) is 15.0. The van der Waals surface area contributed by atoms with E-state index < -0.39 is 41.1 Å². The Hall–Kier alpha value is -8.23. The number of nitrogens with one attached hydrogen (secondary N) is 4. The molecular weight excluding hydrogens is 1100 g/mol. The van der Waals surface area contributed by atoms with Crippen LogP contribution in [0.25, 0.3) is 26.4 Å². The summed E-state index contributed by atoms with van der Waals surface area (Å²) in [6, 6.07) is 16.2. The van der Waals surface area contributed by atoms with E-state index in [1.165, 1.54) is 18.2 Å². The van der Waals surface area contributed by atoms with E-state index in [1.54, 1.807) is 29.5 Å². The maximum absolute atomic E-state index is 13.3. The maximum Gasteiger partial charge on any atom is 0.347 e. The molecule has 24 nitrogen and oxygen atoms in total. The zero-order chi connectivity index (χ0) is 59.8. The number of nitrogens with two attached hydrogens (primary N) is 1. The maximum atomic E-state index is 13.3. The number of aromatic nitrogens is 2. The van der Waals surface area contributed by atoms with Crippen LogP contribution in [0.2, 0.25) is 0 Å². The molecule has 2 aromatic heterocycles. The Labute approximate surface area is 490 Å². The number of allylic oxidation sites excluding steroid dienone is 2. The van der Waals surface area contributed by atoms with Gasteiger partial charge in [-0.2, -0.15) is 4.99 Å². The minimum Gasteiger partial charge on any atom is -0.512 e. The van der Waals surface area contributed by atoms with Gasteiger partial charge < -0.3 is 60.7 Å². The van der Waals surface area contributed by atoms with Crippen molar-refractivity contribution >= 4 is 79.5 Å². The predicted octanol–water partition coefficient (Wildman–Crippen LogP) is 5.43. The molecule has 84 heavy (non-hydrogen) atoms. The van der Waals surface area contributed by atoms with Crippen molar-refractivity contribution in [2.45, 2.75) is 65.3 Å². The first kappa shape index (κ1) is 61.8. The minimum atomic E-state index is -0.952. The molecule has 0 saturated carbocycles. The van der Waals surface area contributed by atoms with E-state index in [4.69, 9.17) is 34.4 Å². The minimum absolute atomic E-state index is 0.0220. The average molecular weight is 1180 g/mol. The fraction of sp³-hybridized carbons (Fsp3) is 0.441. The molecule has 25 heteroatoms. The molecule has 1 unspecified atom stereocenters. The number of carbonyl (C=O) groups is 7. The van der Waals surface area contributed by atoms with Crippen molar-refractivity contribution in [1.82, 2.24) is 40.0 Å². The van der Waals surface area contributed by atoms with Crippen molar-refractivity contribution < 1.29 is 62.4 Å². The number of benzene rings is 3. The van der Waals surface area contributed by atoms with Crippen LogP contribution in [0.4, 0.5) is 10.5 Å². The van der Waals surface area contributed by atoms with Crippen LogP contribution < -0.4 is 36.5 Å². The van der Waals surface area contributed by atoms with Gasteiger partial charge in [-0.1, -0.05) is 56.9 Å². The normalized spacial score (nSPS) is 16.1. The molecule has 8 amide bonds. The molecule has 5 heterocycles. The van der Waals surface area contributed by atoms with Crippen molar-refractivity contribution in [1.29, 1.82) is 0 Å². The smallest absolute Gasteiger partial charge is 0.347 e. The van der Waals surface area contributed by atoms with Crippen LogP contribution >= 0.6 is 11.3 Å². The largest absolute Gasteiger partial charge is 0.512 e. The monoisotopic (exact) mass is 1180 g/mol. The quantitative estimate of drug-likeness (QED) is 0.0120. The number of fused-ring (bicyclic) bond motifs is 4. The zero-order valence-corrected chi connectivity index (χ0v) is 48.4. The summed E-state index contributed by atoms with van der Waals surface area (Å²) in [5.74, 6) is -1.55. The van der Waals surface area contributed by atoms with Gasteiger partial charge in [-0.25, -0.2) is 9.78 Å². The Morgan fingerprint density at radius 1 is 0.857 bits per heavy atom. The van der Waals surface area contributed by atoms with E-state index in [-0.39, 0.29) is 66.2 Å². The summed E-state index contributed by atoms with van der Waals surface area (Å²) >= 11 is 1.56. The number of anilines is 1. The molecule has 448 valence electrons. The molecule has 0 radical (unpaired) electrons. The van der Waals surface area contributed by atoms with Crippen LogP contribution in [0.1, 0.15) is 80.0 Å². The molecule has 0 bridgehead atoms. The SMILES string of the molecule is C=C1CCC(N2C(=O)c3cccc(OCC(=O)NCCCOCCOCCOCCCNC(=O)CCC(=O)N4CCN(CCOc5ccc6c(c5)sc5nc(-c7ccc(NC(=O)N=C(N)/C=C(\O)C(C)(C)C)cc7)cn56)CC4)c3C2=O)C(=O)N1. The number of piperazine rings is 1. The summed E-state index contributed by atoms with van der Waals surface area (Å²) < 4.78 is 31.6. The summed E-state index contributed by atoms with van der Waals surface area (Å²) in [5, 5.41) is 21.0. The van der Waals surface area contributed by atoms with E-state index in [0.717, 1.165) is 50.2 Å². The second kappa shape index (κ2) is 29.3. The van der Waals surface area contributed by atoms with Crippen molar-refractivity contribution in [3.8, 4) is 22.8 Å². The Morgan fingerprint density at radius 3 is 2.24 bits per heavy atom. The topological polar surface area (TPSA) is 299 Å². The number of thiazole rings is 1. The van der Waals surface area contributed by atoms with E-state index >= 15 is 0 Å². The molecule has 2 fully saturated rings. The van der Waals surface area contributed by atoms with Crippen LogP contribution in [0.15, 0.2) is 96.0 Å². The van der Waals surface area contributed by atoms with Gasteiger partial charge in [0, 0.05) is 107 Å². The van der Waals surface area contributed by atoms with Gasteiger partial charge in [-0.15, -0.1) is 0 Å². The van der Waals surface area contributed by atoms with Gasteiger partial charge in [-0.05, 0) is 68.1 Å². The van der Waals surface area contributed by atoms with Gasteiger partial charge in [0.25, 0.3) is 17.7 Å². The molecule has 5 aromatic rings. The lowest BCUT2D eigenvalue weighted by molar-refractivity contribution is -0.135. The Bertz CT molecular complexity index is 3270. The van der Waals surface area contributed by atoms with Gasteiger partial charge in [0.1, 0.15) is 35.7 Å². The van der Waals surface area contributed by atoms with Crippen LogP contribution in [0.3, 0.4) is 0 Å². The highest BCUT2D eigenvalue weighted by molar-refractivity contribution is 7.23. The number of carbonyl (C=O) groups excluding carboxylic acids is 7. The highest BCUT2D eigenvalue weighted by Crippen LogP contribution is 2.35. The Morgan fingerprint density at radius 2 is 1.55 bits per heavy atom. The van der Waals surface area contributed by atoms with E-state index in [9.17, 15) is 38.7 Å². The van der Waals surface area contributed by atoms with Crippen molar-refractivity contribution in [2.75, 3.05) is 104 Å². The average Bonchev–Trinajstić information content (AvgIpc) is 1.91. The fourth-order valence-electron chi connectivity index (χ4n) is 9.30. The number of nitrogens with zero attached hydrogens (tertiary/aromatic N) is 6. The predicted molar refractivity (Wildman–Crippen MR) is 315 cm³/mol. The molecule has 3 aliphatic heterocycles. The number of imide groups is 1. The lowest BCUT2D eigenvalue weighted by Gasteiger charge is -2.34. The highest BCUT2D eigenvalue weighted by atomic mass is 32.1. The van der Waals surface area contributed by atoms with E-state index in [2.05, 4.69) is 37.7 Å². The first-order chi connectivity index (χ1) is 40.4. The second-order valence-corrected chi connectivity index (χ2v) is 22.3. The number of piperidine rings is 1. The van der Waals surface area contributed by atoms with Gasteiger partial charge in [-0.3, -0.25) is 43.0 Å². The van der Waals surface area contributed by atoms with Crippen LogP contribution in [0, 0.1) is 5.41 Å². The first-order valence-electron chi connectivity index (χ1n) is 28.0.